The number of aromatic nitrogens is 4. The molecule has 10 nitrogen and oxygen atoms in total. The minimum absolute atomic E-state index is 0.0450. The lowest BCUT2D eigenvalue weighted by Gasteiger charge is -2.32. The van der Waals surface area contributed by atoms with Crippen molar-refractivity contribution >= 4 is 33.9 Å². The number of nitrogens with zero attached hydrogens (tertiary/aromatic N) is 4. The molecule has 330 valence electrons. The number of hydrogen-bond acceptors (Lipinski definition) is 6. The summed E-state index contributed by atoms with van der Waals surface area (Å²) in [6, 6.07) is 44.0. The smallest absolute Gasteiger partial charge is 0.257 e. The maximum absolute atomic E-state index is 14.2. The number of H-pyrrole nitrogens is 2. The van der Waals surface area contributed by atoms with Gasteiger partial charge in [-0.1, -0.05) is 84.9 Å². The zero-order valence-electron chi connectivity index (χ0n) is 36.8. The van der Waals surface area contributed by atoms with Gasteiger partial charge < -0.3 is 29.2 Å². The van der Waals surface area contributed by atoms with Crippen molar-refractivity contribution in [3.05, 3.63) is 168 Å². The van der Waals surface area contributed by atoms with Crippen LogP contribution in [0.2, 0.25) is 0 Å². The van der Waals surface area contributed by atoms with Crippen molar-refractivity contribution in [2.24, 2.45) is 11.8 Å². The molecule has 0 bridgehead atoms. The first kappa shape index (κ1) is 43.0. The van der Waals surface area contributed by atoms with Gasteiger partial charge in [-0.25, -0.2) is 14.4 Å². The predicted molar refractivity (Wildman–Crippen MR) is 254 cm³/mol. The van der Waals surface area contributed by atoms with Gasteiger partial charge in [-0.05, 0) is 109 Å². The van der Waals surface area contributed by atoms with Crippen molar-refractivity contribution in [1.82, 2.24) is 29.7 Å². The Morgan fingerprint density at radius 3 is 1.49 bits per heavy atom. The predicted octanol–water partition coefficient (Wildman–Crippen LogP) is 10.8. The monoisotopic (exact) mass is 868 g/mol. The van der Waals surface area contributed by atoms with Crippen LogP contribution in [-0.4, -0.2) is 81.9 Å². The summed E-state index contributed by atoms with van der Waals surface area (Å²) in [6.45, 7) is 2.91. The van der Waals surface area contributed by atoms with Crippen LogP contribution in [-0.2, 0) is 12.8 Å². The van der Waals surface area contributed by atoms with Gasteiger partial charge in [-0.3, -0.25) is 9.59 Å². The fourth-order valence-corrected chi connectivity index (χ4v) is 9.18. The summed E-state index contributed by atoms with van der Waals surface area (Å²) in [5.41, 5.74) is 8.61. The van der Waals surface area contributed by atoms with Crippen LogP contribution in [0.15, 0.2) is 140 Å². The lowest BCUT2D eigenvalue weighted by atomic mass is 9.92. The summed E-state index contributed by atoms with van der Waals surface area (Å²) in [6.07, 6.45) is 5.63. The Labute approximate surface area is 378 Å². The molecule has 4 heterocycles. The second-order valence-corrected chi connectivity index (χ2v) is 17.0. The fourth-order valence-electron chi connectivity index (χ4n) is 9.18. The number of para-hydroxylation sites is 4. The Morgan fingerprint density at radius 1 is 0.554 bits per heavy atom. The van der Waals surface area contributed by atoms with Crippen LogP contribution in [0.1, 0.15) is 58.0 Å². The van der Waals surface area contributed by atoms with E-state index in [1.807, 2.05) is 88.7 Å². The molecule has 0 aliphatic carbocycles. The number of methoxy groups -OCH3 is 2. The Kier molecular flexibility index (Phi) is 13.0. The first-order valence-corrected chi connectivity index (χ1v) is 22.5. The number of halogens is 1. The van der Waals surface area contributed by atoms with Crippen LogP contribution in [0.25, 0.3) is 44.3 Å². The van der Waals surface area contributed by atoms with Crippen LogP contribution < -0.4 is 9.47 Å². The van der Waals surface area contributed by atoms with E-state index in [-0.39, 0.29) is 17.6 Å². The van der Waals surface area contributed by atoms with Gasteiger partial charge in [0.25, 0.3) is 11.8 Å². The van der Waals surface area contributed by atoms with E-state index < -0.39 is 0 Å². The second kappa shape index (κ2) is 19.6. The van der Waals surface area contributed by atoms with Gasteiger partial charge in [-0.15, -0.1) is 0 Å². The number of imidazole rings is 2. The van der Waals surface area contributed by atoms with Gasteiger partial charge in [0.1, 0.15) is 29.0 Å². The topological polar surface area (TPSA) is 116 Å². The molecule has 2 fully saturated rings. The summed E-state index contributed by atoms with van der Waals surface area (Å²) in [4.78, 5) is 46.5. The number of carbonyl (C=O) groups is 2. The van der Waals surface area contributed by atoms with Gasteiger partial charge in [0.15, 0.2) is 0 Å². The highest BCUT2D eigenvalue weighted by molar-refractivity contribution is 5.98. The normalized spacial score (nSPS) is 14.6. The van der Waals surface area contributed by atoms with Gasteiger partial charge in [0.05, 0.1) is 47.4 Å². The molecule has 2 aliphatic heterocycles. The maximum Gasteiger partial charge on any atom is 0.257 e. The van der Waals surface area contributed by atoms with Crippen molar-refractivity contribution in [1.29, 1.82) is 0 Å². The van der Waals surface area contributed by atoms with E-state index in [1.54, 1.807) is 43.5 Å². The van der Waals surface area contributed by atoms with Crippen LogP contribution >= 0.6 is 0 Å². The van der Waals surface area contributed by atoms with Crippen molar-refractivity contribution in [2.45, 2.75) is 38.5 Å². The second-order valence-electron chi connectivity index (χ2n) is 17.0. The maximum atomic E-state index is 14.2. The number of hydrogen-bond donors (Lipinski definition) is 2. The standard InChI is InChI=1S/C27H26FN3O2.C27H27N3O2/c1-33-25-17-19(20-6-2-3-7-22(20)28)10-11-21(25)27(32)31-14-12-18(13-15-31)16-26-29-23-8-4-5-9-24(23)30-26;1-32-25-18-21(20-7-3-2-4-8-20)11-12-22(25)27(31)30-15-13-19(14-16-30)17-26-28-23-9-5-6-10-24(23)29-26/h2-11,17-18H,12-16H2,1H3,(H,29,30);2-12,18-19H,13-17H2,1H3,(H,28,29). The van der Waals surface area contributed by atoms with E-state index in [2.05, 4.69) is 28.2 Å². The number of rotatable bonds is 10. The first-order valence-electron chi connectivity index (χ1n) is 22.5. The molecule has 11 heteroatoms. The van der Waals surface area contributed by atoms with Crippen molar-refractivity contribution in [3.63, 3.8) is 0 Å². The molecule has 0 saturated carbocycles. The Bertz CT molecular complexity index is 2850. The molecule has 0 spiro atoms. The molecule has 2 saturated heterocycles. The summed E-state index contributed by atoms with van der Waals surface area (Å²) in [7, 11) is 3.16. The number of fused-ring (bicyclic) bond motifs is 2. The van der Waals surface area contributed by atoms with Crippen LogP contribution in [0.5, 0.6) is 11.5 Å². The third kappa shape index (κ3) is 9.79. The SMILES string of the molecule is COc1cc(-c2ccccc2)ccc1C(=O)N1CCC(Cc2nc3ccccc3[nH]2)CC1.COc1cc(-c2ccccc2F)ccc1C(=O)N1CCC(Cc2nc3ccccc3[nH]2)CC1. The van der Waals surface area contributed by atoms with Gasteiger partial charge in [0.2, 0.25) is 0 Å². The first-order chi connectivity index (χ1) is 31.8. The van der Waals surface area contributed by atoms with Crippen LogP contribution in [0, 0.1) is 17.7 Å². The van der Waals surface area contributed by atoms with Gasteiger partial charge in [-0.2, -0.15) is 0 Å². The highest BCUT2D eigenvalue weighted by Gasteiger charge is 2.28. The number of aromatic amines is 2. The number of ether oxygens (including phenoxy) is 2. The summed E-state index contributed by atoms with van der Waals surface area (Å²) in [5, 5.41) is 0. The number of piperidine rings is 2. The average Bonchev–Trinajstić information content (AvgIpc) is 3.97. The Hall–Kier alpha value is -7.27. The number of benzene rings is 6. The van der Waals surface area contributed by atoms with Gasteiger partial charge >= 0.3 is 0 Å². The Morgan fingerprint density at radius 2 is 1.00 bits per heavy atom. The van der Waals surface area contributed by atoms with E-state index in [0.717, 1.165) is 96.5 Å². The van der Waals surface area contributed by atoms with Crippen molar-refractivity contribution in [2.75, 3.05) is 40.4 Å². The van der Waals surface area contributed by atoms with Crippen molar-refractivity contribution in [3.8, 4) is 33.8 Å². The van der Waals surface area contributed by atoms with E-state index in [9.17, 15) is 14.0 Å². The molecule has 2 aliphatic rings. The molecule has 10 rings (SSSR count). The summed E-state index contributed by atoms with van der Waals surface area (Å²) >= 11 is 0. The number of nitrogens with one attached hydrogen (secondary N) is 2. The van der Waals surface area contributed by atoms with E-state index >= 15 is 0 Å². The van der Waals surface area contributed by atoms with Crippen molar-refractivity contribution < 1.29 is 23.5 Å². The molecule has 0 unspecified atom stereocenters. The molecule has 65 heavy (non-hydrogen) atoms. The van der Waals surface area contributed by atoms with Crippen LogP contribution in [0.3, 0.4) is 0 Å². The quantitative estimate of drug-likeness (QED) is 0.141. The summed E-state index contributed by atoms with van der Waals surface area (Å²) in [5.74, 6) is 3.84. The minimum atomic E-state index is -0.301. The van der Waals surface area contributed by atoms with Crippen LogP contribution in [0.4, 0.5) is 4.39 Å². The molecule has 2 aromatic heterocycles. The third-order valence-electron chi connectivity index (χ3n) is 12.8. The molecular weight excluding hydrogens is 816 g/mol. The highest BCUT2D eigenvalue weighted by Crippen LogP contribution is 2.33. The minimum Gasteiger partial charge on any atom is -0.496 e. The molecular formula is C54H53FN6O4. The van der Waals surface area contributed by atoms with E-state index in [1.165, 1.54) is 13.2 Å². The number of carbonyl (C=O) groups excluding carboxylic acids is 2. The zero-order valence-corrected chi connectivity index (χ0v) is 36.8. The molecule has 0 radical (unpaired) electrons. The average molecular weight is 869 g/mol. The highest BCUT2D eigenvalue weighted by atomic mass is 19.1. The largest absolute Gasteiger partial charge is 0.496 e. The van der Waals surface area contributed by atoms with E-state index in [4.69, 9.17) is 19.4 Å². The number of amides is 2. The Balaban J connectivity index is 0.000000164. The third-order valence-corrected chi connectivity index (χ3v) is 12.8. The fraction of sp³-hybridized carbons (Fsp3) is 0.259. The molecule has 0 atom stereocenters. The molecule has 2 amide bonds. The van der Waals surface area contributed by atoms with E-state index in [0.29, 0.717) is 58.7 Å². The zero-order chi connectivity index (χ0) is 44.7. The lowest BCUT2D eigenvalue weighted by Crippen LogP contribution is -2.39. The summed E-state index contributed by atoms with van der Waals surface area (Å²) < 4.78 is 25.3. The molecule has 8 aromatic rings. The number of likely N-dealkylation sites (tertiary alicyclic amines) is 2. The molecule has 2 N–H and O–H groups in total. The lowest BCUT2D eigenvalue weighted by molar-refractivity contribution is 0.0678. The van der Waals surface area contributed by atoms with Gasteiger partial charge in [0, 0.05) is 44.6 Å². The molecule has 6 aromatic carbocycles.